The molecule has 0 saturated carbocycles. The van der Waals surface area contributed by atoms with Gasteiger partial charge in [-0.3, -0.25) is 0 Å². The summed E-state index contributed by atoms with van der Waals surface area (Å²) in [5.74, 6) is -0.0262. The molecule has 15 heavy (non-hydrogen) atoms. The van der Waals surface area contributed by atoms with E-state index in [-0.39, 0.29) is 5.91 Å². The van der Waals surface area contributed by atoms with Crippen LogP contribution < -0.4 is 0 Å². The van der Waals surface area contributed by atoms with Gasteiger partial charge < -0.3 is 0 Å². The van der Waals surface area contributed by atoms with E-state index >= 15 is 0 Å². The zero-order chi connectivity index (χ0) is 10.8. The maximum absolute atomic E-state index is 11.6. The van der Waals surface area contributed by atoms with Gasteiger partial charge in [0.1, 0.15) is 12.1 Å². The monoisotopic (exact) mass is 199 g/mol. The summed E-state index contributed by atoms with van der Waals surface area (Å²) in [6.45, 7) is 7.38. The Labute approximate surface area is 88.1 Å². The van der Waals surface area contributed by atoms with Crippen LogP contribution in [0.15, 0.2) is 54.2 Å². The molecule has 1 amide bonds. The van der Waals surface area contributed by atoms with Crippen molar-refractivity contribution in [1.82, 2.24) is 0 Å². The van der Waals surface area contributed by atoms with Crippen LogP contribution in [0.3, 0.4) is 0 Å². The van der Waals surface area contributed by atoms with Gasteiger partial charge in [-0.15, -0.1) is 0 Å². The Balaban J connectivity index is 2.42. The lowest BCUT2D eigenvalue weighted by Crippen LogP contribution is -2.17. The van der Waals surface area contributed by atoms with Crippen molar-refractivity contribution in [1.29, 1.82) is 0 Å². The summed E-state index contributed by atoms with van der Waals surface area (Å²) in [6.07, 6.45) is 9.29. The highest BCUT2D eigenvalue weighted by Crippen LogP contribution is 2.09. The lowest BCUT2D eigenvalue weighted by Gasteiger charge is -1.96. The fraction of sp³-hybridized carbons (Fsp3) is 0.0833. The summed E-state index contributed by atoms with van der Waals surface area (Å²) in [5, 5.41) is 4.15. The predicted octanol–water partition coefficient (Wildman–Crippen LogP) is 1.59. The molecule has 1 heterocycles. The van der Waals surface area contributed by atoms with E-state index in [0.29, 0.717) is 12.1 Å². The Morgan fingerprint density at radius 2 is 2.00 bits per heavy atom. The summed E-state index contributed by atoms with van der Waals surface area (Å²) in [6, 6.07) is 0. The molecule has 74 valence electrons. The summed E-state index contributed by atoms with van der Waals surface area (Å²) >= 11 is 0. The third kappa shape index (κ3) is 1.76. The Bertz CT molecular complexity index is 458. The highest BCUT2D eigenvalue weighted by molar-refractivity contribution is 6.11. The van der Waals surface area contributed by atoms with E-state index in [1.165, 1.54) is 4.68 Å². The maximum Gasteiger partial charge on any atom is 0.423 e. The molecule has 0 aromatic rings. The number of hydrogen-bond acceptors (Lipinski definition) is 2. The SMILES string of the molecule is C=CC1=N[N+](=C2C=CC(=C)C=C2)C(=O)C1. The molecule has 1 aliphatic carbocycles. The molecule has 0 radical (unpaired) electrons. The highest BCUT2D eigenvalue weighted by Gasteiger charge is 2.30. The molecule has 0 fully saturated rings. The first-order chi connectivity index (χ1) is 7.20. The first-order valence-corrected chi connectivity index (χ1v) is 4.65. The number of nitrogens with zero attached hydrogens (tertiary/aromatic N) is 2. The van der Waals surface area contributed by atoms with Crippen LogP contribution in [0.1, 0.15) is 6.42 Å². The molecule has 0 aromatic heterocycles. The summed E-state index contributed by atoms with van der Waals surface area (Å²) in [5.41, 5.74) is 2.39. The zero-order valence-corrected chi connectivity index (χ0v) is 8.31. The average molecular weight is 199 g/mol. The molecule has 2 aliphatic rings. The molecular formula is C12H11N2O+. The van der Waals surface area contributed by atoms with Crippen molar-refractivity contribution in [2.24, 2.45) is 5.10 Å². The second kappa shape index (κ2) is 3.61. The van der Waals surface area contributed by atoms with Gasteiger partial charge in [0, 0.05) is 17.3 Å². The van der Waals surface area contributed by atoms with Gasteiger partial charge in [-0.1, -0.05) is 13.2 Å². The quantitative estimate of drug-likeness (QED) is 0.590. The summed E-state index contributed by atoms with van der Waals surface area (Å²) in [7, 11) is 0. The van der Waals surface area contributed by atoms with Crippen LogP contribution in [0.4, 0.5) is 0 Å². The largest absolute Gasteiger partial charge is 0.423 e. The van der Waals surface area contributed by atoms with Crippen molar-refractivity contribution in [2.45, 2.75) is 6.42 Å². The molecule has 3 heteroatoms. The third-order valence-electron chi connectivity index (χ3n) is 2.21. The van der Waals surface area contributed by atoms with Crippen LogP contribution >= 0.6 is 0 Å². The van der Waals surface area contributed by atoms with E-state index in [1.54, 1.807) is 6.08 Å². The summed E-state index contributed by atoms with van der Waals surface area (Å²) in [4.78, 5) is 11.6. The number of carbonyl (C=O) groups is 1. The number of carbonyl (C=O) groups excluding carboxylic acids is 1. The number of allylic oxidation sites excluding steroid dienone is 6. The molecule has 0 bridgehead atoms. The minimum absolute atomic E-state index is 0.0262. The lowest BCUT2D eigenvalue weighted by atomic mass is 10.1. The number of hydrogen-bond donors (Lipinski definition) is 0. The van der Waals surface area contributed by atoms with Gasteiger partial charge in [0.2, 0.25) is 5.71 Å². The smallest absolute Gasteiger partial charge is 0.216 e. The average Bonchev–Trinajstić information content (AvgIpc) is 2.61. The van der Waals surface area contributed by atoms with Crippen LogP contribution in [0.2, 0.25) is 0 Å². The number of rotatable bonds is 1. The van der Waals surface area contributed by atoms with Gasteiger partial charge in [-0.2, -0.15) is 0 Å². The number of hydrazone groups is 1. The van der Waals surface area contributed by atoms with Crippen LogP contribution in [-0.2, 0) is 4.79 Å². The molecule has 0 atom stereocenters. The van der Waals surface area contributed by atoms with Gasteiger partial charge in [0.05, 0.1) is 0 Å². The number of amides is 1. The van der Waals surface area contributed by atoms with Crippen molar-refractivity contribution in [3.05, 3.63) is 49.1 Å². The van der Waals surface area contributed by atoms with Crippen LogP contribution in [0, 0.1) is 0 Å². The molecule has 0 aromatic carbocycles. The van der Waals surface area contributed by atoms with E-state index in [9.17, 15) is 4.79 Å². The normalized spacial score (nSPS) is 19.9. The fourth-order valence-electron chi connectivity index (χ4n) is 1.40. The Kier molecular flexibility index (Phi) is 2.29. The van der Waals surface area contributed by atoms with Gasteiger partial charge in [-0.05, 0) is 28.5 Å². The maximum atomic E-state index is 11.6. The molecule has 0 spiro atoms. The molecule has 1 aliphatic heterocycles. The standard InChI is InChI=1S/C12H11N2O/c1-3-10-8-12(15)14(13-10)11-6-4-9(2)5-7-11/h3-7H,1-2,8H2/q+1. The van der Waals surface area contributed by atoms with Crippen LogP contribution in [-0.4, -0.2) is 22.0 Å². The van der Waals surface area contributed by atoms with Gasteiger partial charge in [0.15, 0.2) is 0 Å². The van der Waals surface area contributed by atoms with Crippen LogP contribution in [0.25, 0.3) is 0 Å². The zero-order valence-electron chi connectivity index (χ0n) is 8.31. The molecule has 0 saturated heterocycles. The highest BCUT2D eigenvalue weighted by atomic mass is 16.2. The third-order valence-corrected chi connectivity index (χ3v) is 2.21. The van der Waals surface area contributed by atoms with Crippen molar-refractivity contribution < 1.29 is 9.48 Å². The fourth-order valence-corrected chi connectivity index (χ4v) is 1.40. The van der Waals surface area contributed by atoms with E-state index in [0.717, 1.165) is 11.3 Å². The minimum atomic E-state index is -0.0262. The van der Waals surface area contributed by atoms with Crippen molar-refractivity contribution >= 4 is 17.3 Å². The lowest BCUT2D eigenvalue weighted by molar-refractivity contribution is -0.445. The summed E-state index contributed by atoms with van der Waals surface area (Å²) < 4.78 is 1.40. The first kappa shape index (κ1) is 9.52. The molecule has 0 N–H and O–H groups in total. The van der Waals surface area contributed by atoms with E-state index in [1.807, 2.05) is 24.3 Å². The van der Waals surface area contributed by atoms with E-state index in [2.05, 4.69) is 18.3 Å². The van der Waals surface area contributed by atoms with Gasteiger partial charge in [0.25, 0.3) is 0 Å². The second-order valence-corrected chi connectivity index (χ2v) is 3.34. The predicted molar refractivity (Wildman–Crippen MR) is 59.9 cm³/mol. The van der Waals surface area contributed by atoms with Gasteiger partial charge in [-0.25, -0.2) is 4.79 Å². The Morgan fingerprint density at radius 1 is 1.33 bits per heavy atom. The first-order valence-electron chi connectivity index (χ1n) is 4.65. The van der Waals surface area contributed by atoms with Crippen LogP contribution in [0.5, 0.6) is 0 Å². The van der Waals surface area contributed by atoms with E-state index < -0.39 is 0 Å². The van der Waals surface area contributed by atoms with Crippen molar-refractivity contribution in [3.8, 4) is 0 Å². The minimum Gasteiger partial charge on any atom is -0.216 e. The Hall–Kier alpha value is -2.03. The molecule has 0 unspecified atom stereocenters. The Morgan fingerprint density at radius 3 is 2.53 bits per heavy atom. The second-order valence-electron chi connectivity index (χ2n) is 3.34. The molecule has 3 nitrogen and oxygen atoms in total. The topological polar surface area (TPSA) is 32.4 Å². The molecular weight excluding hydrogens is 188 g/mol. The van der Waals surface area contributed by atoms with Crippen molar-refractivity contribution in [3.63, 3.8) is 0 Å². The van der Waals surface area contributed by atoms with Gasteiger partial charge >= 0.3 is 5.91 Å². The van der Waals surface area contributed by atoms with E-state index in [4.69, 9.17) is 0 Å². The van der Waals surface area contributed by atoms with Crippen molar-refractivity contribution in [2.75, 3.05) is 0 Å². The molecule has 2 rings (SSSR count).